The van der Waals surface area contributed by atoms with E-state index in [1.807, 2.05) is 19.2 Å². The monoisotopic (exact) mass is 213 g/mol. The minimum atomic E-state index is 0.566. The molecule has 0 aliphatic carbocycles. The van der Waals surface area contributed by atoms with E-state index in [0.29, 0.717) is 11.8 Å². The van der Waals surface area contributed by atoms with Gasteiger partial charge in [-0.25, -0.2) is 0 Å². The zero-order valence-electron chi connectivity index (χ0n) is 9.14. The Hall–Kier alpha value is -2.10. The molecule has 0 N–H and O–H groups in total. The lowest BCUT2D eigenvalue weighted by atomic mass is 10.2. The number of fused-ring (bicyclic) bond motifs is 1. The zero-order valence-corrected chi connectivity index (χ0v) is 9.14. The first kappa shape index (κ1) is 9.15. The number of hydrogen-bond donors (Lipinski definition) is 0. The fourth-order valence-corrected chi connectivity index (χ4v) is 1.89. The highest BCUT2D eigenvalue weighted by Crippen LogP contribution is 2.25. The van der Waals surface area contributed by atoms with Crippen LogP contribution in [0.1, 0.15) is 5.89 Å². The molecule has 0 fully saturated rings. The van der Waals surface area contributed by atoms with Gasteiger partial charge in [0.1, 0.15) is 5.69 Å². The van der Waals surface area contributed by atoms with Crippen LogP contribution in [0.4, 0.5) is 0 Å². The molecular weight excluding hydrogens is 202 g/mol. The predicted octanol–water partition coefficient (Wildman–Crippen LogP) is 2.54. The molecule has 1 aromatic carbocycles. The number of para-hydroxylation sites is 1. The molecule has 2 heterocycles. The SMILES string of the molecule is Cc1nnc(-c2cc3ccccc3n2C)o1. The normalized spacial score (nSPS) is 11.1. The van der Waals surface area contributed by atoms with E-state index in [0.717, 1.165) is 11.2 Å². The van der Waals surface area contributed by atoms with E-state index in [4.69, 9.17) is 4.42 Å². The second-order valence-corrected chi connectivity index (χ2v) is 3.77. The van der Waals surface area contributed by atoms with Crippen LogP contribution in [0.15, 0.2) is 34.7 Å². The first-order valence-electron chi connectivity index (χ1n) is 5.10. The third kappa shape index (κ3) is 1.23. The zero-order chi connectivity index (χ0) is 11.1. The summed E-state index contributed by atoms with van der Waals surface area (Å²) < 4.78 is 7.49. The maximum Gasteiger partial charge on any atom is 0.264 e. The van der Waals surface area contributed by atoms with Crippen molar-refractivity contribution in [1.82, 2.24) is 14.8 Å². The Morgan fingerprint density at radius 1 is 1.19 bits per heavy atom. The molecule has 0 spiro atoms. The number of nitrogens with zero attached hydrogens (tertiary/aromatic N) is 3. The minimum Gasteiger partial charge on any atom is -0.420 e. The molecule has 4 heteroatoms. The van der Waals surface area contributed by atoms with Crippen LogP contribution in [0.5, 0.6) is 0 Å². The molecule has 0 unspecified atom stereocenters. The number of benzene rings is 1. The standard InChI is InChI=1S/C12H11N3O/c1-8-13-14-12(16-8)11-7-9-5-3-4-6-10(9)15(11)2/h3-7H,1-2H3. The maximum absolute atomic E-state index is 5.44. The van der Waals surface area contributed by atoms with Crippen molar-refractivity contribution in [2.75, 3.05) is 0 Å². The van der Waals surface area contributed by atoms with Crippen LogP contribution in [0.2, 0.25) is 0 Å². The Kier molecular flexibility index (Phi) is 1.83. The first-order chi connectivity index (χ1) is 7.75. The molecular formula is C12H11N3O. The number of aryl methyl sites for hydroxylation is 2. The van der Waals surface area contributed by atoms with Gasteiger partial charge >= 0.3 is 0 Å². The van der Waals surface area contributed by atoms with Gasteiger partial charge in [0.25, 0.3) is 5.89 Å². The van der Waals surface area contributed by atoms with Crippen LogP contribution in [-0.4, -0.2) is 14.8 Å². The summed E-state index contributed by atoms with van der Waals surface area (Å²) in [5, 5.41) is 9.06. The highest BCUT2D eigenvalue weighted by molar-refractivity contribution is 5.85. The average Bonchev–Trinajstić information content (AvgIpc) is 2.84. The quantitative estimate of drug-likeness (QED) is 0.624. The van der Waals surface area contributed by atoms with E-state index in [1.54, 1.807) is 6.92 Å². The molecule has 4 nitrogen and oxygen atoms in total. The molecule has 16 heavy (non-hydrogen) atoms. The summed E-state index contributed by atoms with van der Waals surface area (Å²) in [6.07, 6.45) is 0. The fraction of sp³-hybridized carbons (Fsp3) is 0.167. The largest absolute Gasteiger partial charge is 0.420 e. The number of aromatic nitrogens is 3. The molecule has 0 atom stereocenters. The Morgan fingerprint density at radius 2 is 2.00 bits per heavy atom. The van der Waals surface area contributed by atoms with Gasteiger partial charge in [0.15, 0.2) is 0 Å². The smallest absolute Gasteiger partial charge is 0.264 e. The highest BCUT2D eigenvalue weighted by atomic mass is 16.4. The van der Waals surface area contributed by atoms with Gasteiger partial charge in [-0.15, -0.1) is 10.2 Å². The Balaban J connectivity index is 2.28. The summed E-state index contributed by atoms with van der Waals surface area (Å²) in [6.45, 7) is 1.79. The van der Waals surface area contributed by atoms with Crippen LogP contribution in [-0.2, 0) is 7.05 Å². The van der Waals surface area contributed by atoms with Gasteiger partial charge in [-0.1, -0.05) is 18.2 Å². The maximum atomic E-state index is 5.44. The highest BCUT2D eigenvalue weighted by Gasteiger charge is 2.12. The van der Waals surface area contributed by atoms with Gasteiger partial charge in [-0.05, 0) is 12.1 Å². The lowest BCUT2D eigenvalue weighted by Gasteiger charge is -1.98. The fourth-order valence-electron chi connectivity index (χ4n) is 1.89. The van der Waals surface area contributed by atoms with E-state index >= 15 is 0 Å². The van der Waals surface area contributed by atoms with Crippen molar-refractivity contribution < 1.29 is 4.42 Å². The molecule has 0 aliphatic rings. The average molecular weight is 213 g/mol. The van der Waals surface area contributed by atoms with Gasteiger partial charge in [0.2, 0.25) is 5.89 Å². The van der Waals surface area contributed by atoms with Crippen LogP contribution in [0.3, 0.4) is 0 Å². The van der Waals surface area contributed by atoms with Crippen molar-refractivity contribution in [2.45, 2.75) is 6.92 Å². The molecule has 3 aromatic rings. The third-order valence-electron chi connectivity index (χ3n) is 2.70. The predicted molar refractivity (Wildman–Crippen MR) is 60.9 cm³/mol. The van der Waals surface area contributed by atoms with Crippen molar-refractivity contribution in [3.05, 3.63) is 36.2 Å². The summed E-state index contributed by atoms with van der Waals surface area (Å²) in [7, 11) is 2.00. The molecule has 3 rings (SSSR count). The van der Waals surface area contributed by atoms with Gasteiger partial charge < -0.3 is 8.98 Å². The summed E-state index contributed by atoms with van der Waals surface area (Å²) >= 11 is 0. The lowest BCUT2D eigenvalue weighted by molar-refractivity contribution is 0.529. The summed E-state index contributed by atoms with van der Waals surface area (Å²) in [5.74, 6) is 1.15. The third-order valence-corrected chi connectivity index (χ3v) is 2.70. The van der Waals surface area contributed by atoms with E-state index in [-0.39, 0.29) is 0 Å². The summed E-state index contributed by atoms with van der Waals surface area (Å²) in [6, 6.07) is 10.2. The van der Waals surface area contributed by atoms with Gasteiger partial charge in [-0.3, -0.25) is 0 Å². The Labute approximate surface area is 92.5 Å². The van der Waals surface area contributed by atoms with Crippen molar-refractivity contribution >= 4 is 10.9 Å². The minimum absolute atomic E-state index is 0.566. The van der Waals surface area contributed by atoms with Gasteiger partial charge in [0.05, 0.1) is 0 Å². The van der Waals surface area contributed by atoms with E-state index in [1.165, 1.54) is 5.39 Å². The van der Waals surface area contributed by atoms with Crippen molar-refractivity contribution in [1.29, 1.82) is 0 Å². The molecule has 0 saturated heterocycles. The summed E-state index contributed by atoms with van der Waals surface area (Å²) in [4.78, 5) is 0. The van der Waals surface area contributed by atoms with Gasteiger partial charge in [-0.2, -0.15) is 0 Å². The molecule has 0 aliphatic heterocycles. The first-order valence-corrected chi connectivity index (χ1v) is 5.10. The topological polar surface area (TPSA) is 43.9 Å². The number of hydrogen-bond acceptors (Lipinski definition) is 3. The Bertz CT molecular complexity index is 651. The molecule has 2 aromatic heterocycles. The number of rotatable bonds is 1. The van der Waals surface area contributed by atoms with Gasteiger partial charge in [0, 0.05) is 24.9 Å². The van der Waals surface area contributed by atoms with Crippen molar-refractivity contribution in [3.8, 4) is 11.6 Å². The lowest BCUT2D eigenvalue weighted by Crippen LogP contribution is -1.90. The molecule has 80 valence electrons. The Morgan fingerprint density at radius 3 is 2.69 bits per heavy atom. The molecule has 0 saturated carbocycles. The van der Waals surface area contributed by atoms with Crippen molar-refractivity contribution in [3.63, 3.8) is 0 Å². The second-order valence-electron chi connectivity index (χ2n) is 3.77. The van der Waals surface area contributed by atoms with E-state index < -0.39 is 0 Å². The molecule has 0 bridgehead atoms. The second kappa shape index (κ2) is 3.20. The van der Waals surface area contributed by atoms with E-state index in [2.05, 4.69) is 33.0 Å². The summed E-state index contributed by atoms with van der Waals surface area (Å²) in [5.41, 5.74) is 2.11. The van der Waals surface area contributed by atoms with Crippen LogP contribution >= 0.6 is 0 Å². The van der Waals surface area contributed by atoms with Crippen LogP contribution < -0.4 is 0 Å². The van der Waals surface area contributed by atoms with Crippen LogP contribution in [0, 0.1) is 6.92 Å². The van der Waals surface area contributed by atoms with E-state index in [9.17, 15) is 0 Å². The molecule has 0 amide bonds. The van der Waals surface area contributed by atoms with Crippen molar-refractivity contribution in [2.24, 2.45) is 7.05 Å². The molecule has 0 radical (unpaired) electrons. The van der Waals surface area contributed by atoms with Crippen LogP contribution in [0.25, 0.3) is 22.5 Å².